The zero-order valence-electron chi connectivity index (χ0n) is 14.4. The number of nitrogens with zero attached hydrogens (tertiary/aromatic N) is 1. The highest BCUT2D eigenvalue weighted by Gasteiger charge is 2.33. The van der Waals surface area contributed by atoms with Crippen molar-refractivity contribution >= 4 is 26.7 Å². The van der Waals surface area contributed by atoms with Crippen LogP contribution in [0, 0.1) is 5.92 Å². The van der Waals surface area contributed by atoms with Gasteiger partial charge in [-0.2, -0.15) is 4.31 Å². The third kappa shape index (κ3) is 3.85. The van der Waals surface area contributed by atoms with Gasteiger partial charge in [-0.15, -0.1) is 0 Å². The lowest BCUT2D eigenvalue weighted by Gasteiger charge is -2.31. The number of hydrogen-bond acceptors (Lipinski definition) is 3. The Morgan fingerprint density at radius 3 is 2.72 bits per heavy atom. The lowest BCUT2D eigenvalue weighted by molar-refractivity contribution is -0.126. The number of carbonyl (C=O) groups excluding carboxylic acids is 1. The molecule has 2 aromatic carbocycles. The molecule has 25 heavy (non-hydrogen) atoms. The van der Waals surface area contributed by atoms with E-state index in [0.717, 1.165) is 23.6 Å². The van der Waals surface area contributed by atoms with Crippen LogP contribution < -0.4 is 5.32 Å². The minimum Gasteiger partial charge on any atom is -0.356 e. The molecule has 134 valence electrons. The average molecular weight is 360 g/mol. The van der Waals surface area contributed by atoms with Crippen molar-refractivity contribution in [2.45, 2.75) is 31.1 Å². The zero-order valence-corrected chi connectivity index (χ0v) is 15.3. The molecule has 0 spiro atoms. The number of sulfonamides is 1. The standard InChI is InChI=1S/C19H24N2O3S/c1-2-11-20-19(22)17-8-5-12-21(14-17)25(23,24)18-10-9-15-6-3-4-7-16(15)13-18/h3-4,6-7,9-10,13,17H,2,5,8,11-12,14H2,1H3,(H,20,22)/t17-/m0/s1. The number of rotatable bonds is 5. The Labute approximate surface area is 149 Å². The highest BCUT2D eigenvalue weighted by Crippen LogP contribution is 2.26. The molecular weight excluding hydrogens is 336 g/mol. The first-order chi connectivity index (χ1) is 12.0. The van der Waals surface area contributed by atoms with Crippen molar-refractivity contribution in [1.82, 2.24) is 9.62 Å². The quantitative estimate of drug-likeness (QED) is 0.892. The van der Waals surface area contributed by atoms with E-state index in [0.29, 0.717) is 24.4 Å². The molecule has 0 bridgehead atoms. The number of amides is 1. The molecule has 0 saturated carbocycles. The summed E-state index contributed by atoms with van der Waals surface area (Å²) in [4.78, 5) is 12.5. The molecule has 1 saturated heterocycles. The molecule has 2 aromatic rings. The second kappa shape index (κ2) is 7.54. The van der Waals surface area contributed by atoms with E-state index in [1.807, 2.05) is 37.3 Å². The highest BCUT2D eigenvalue weighted by atomic mass is 32.2. The van der Waals surface area contributed by atoms with Crippen LogP contribution in [-0.2, 0) is 14.8 Å². The fraction of sp³-hybridized carbons (Fsp3) is 0.421. The van der Waals surface area contributed by atoms with Gasteiger partial charge in [0, 0.05) is 19.6 Å². The van der Waals surface area contributed by atoms with Crippen LogP contribution >= 0.6 is 0 Å². The number of piperidine rings is 1. The first kappa shape index (κ1) is 17.9. The average Bonchev–Trinajstić information content (AvgIpc) is 2.65. The lowest BCUT2D eigenvalue weighted by Crippen LogP contribution is -2.45. The molecule has 1 fully saturated rings. The Kier molecular flexibility index (Phi) is 5.39. The summed E-state index contributed by atoms with van der Waals surface area (Å²) >= 11 is 0. The van der Waals surface area contributed by atoms with Crippen molar-refractivity contribution in [3.05, 3.63) is 42.5 Å². The molecule has 0 aromatic heterocycles. The summed E-state index contributed by atoms with van der Waals surface area (Å²) in [5, 5.41) is 4.79. The molecule has 1 amide bonds. The van der Waals surface area contributed by atoms with Crippen molar-refractivity contribution in [1.29, 1.82) is 0 Å². The van der Waals surface area contributed by atoms with Gasteiger partial charge in [0.1, 0.15) is 0 Å². The molecule has 3 rings (SSSR count). The summed E-state index contributed by atoms with van der Waals surface area (Å²) in [6.07, 6.45) is 2.31. The van der Waals surface area contributed by atoms with E-state index in [2.05, 4.69) is 5.32 Å². The molecule has 5 nitrogen and oxygen atoms in total. The number of fused-ring (bicyclic) bond motifs is 1. The van der Waals surface area contributed by atoms with Crippen LogP contribution in [0.2, 0.25) is 0 Å². The predicted molar refractivity (Wildman–Crippen MR) is 98.7 cm³/mol. The fourth-order valence-corrected chi connectivity index (χ4v) is 4.80. The van der Waals surface area contributed by atoms with Gasteiger partial charge >= 0.3 is 0 Å². The molecular formula is C19H24N2O3S. The van der Waals surface area contributed by atoms with Gasteiger partial charge in [-0.3, -0.25) is 4.79 Å². The fourth-order valence-electron chi connectivity index (χ4n) is 3.24. The van der Waals surface area contributed by atoms with E-state index in [-0.39, 0.29) is 18.4 Å². The van der Waals surface area contributed by atoms with Crippen LogP contribution in [-0.4, -0.2) is 38.3 Å². The van der Waals surface area contributed by atoms with Gasteiger partial charge in [-0.25, -0.2) is 8.42 Å². The highest BCUT2D eigenvalue weighted by molar-refractivity contribution is 7.89. The van der Waals surface area contributed by atoms with Crippen molar-refractivity contribution in [2.75, 3.05) is 19.6 Å². The van der Waals surface area contributed by atoms with E-state index in [1.54, 1.807) is 12.1 Å². The first-order valence-corrected chi connectivity index (χ1v) is 10.2. The summed E-state index contributed by atoms with van der Waals surface area (Å²) in [7, 11) is -3.59. The van der Waals surface area contributed by atoms with E-state index in [1.165, 1.54) is 4.31 Å². The lowest BCUT2D eigenvalue weighted by atomic mass is 9.99. The van der Waals surface area contributed by atoms with Gasteiger partial charge in [-0.1, -0.05) is 37.3 Å². The second-order valence-electron chi connectivity index (χ2n) is 6.50. The number of carbonyl (C=O) groups is 1. The predicted octanol–water partition coefficient (Wildman–Crippen LogP) is 2.77. The van der Waals surface area contributed by atoms with Gasteiger partial charge in [0.25, 0.3) is 0 Å². The number of hydrogen-bond donors (Lipinski definition) is 1. The normalized spacial score (nSPS) is 19.0. The van der Waals surface area contributed by atoms with E-state index >= 15 is 0 Å². The minimum absolute atomic E-state index is 0.0414. The van der Waals surface area contributed by atoms with Gasteiger partial charge < -0.3 is 5.32 Å². The smallest absolute Gasteiger partial charge is 0.243 e. The van der Waals surface area contributed by atoms with Crippen molar-refractivity contribution < 1.29 is 13.2 Å². The van der Waals surface area contributed by atoms with E-state index < -0.39 is 10.0 Å². The molecule has 1 N–H and O–H groups in total. The third-order valence-corrected chi connectivity index (χ3v) is 6.52. The molecule has 1 aliphatic heterocycles. The first-order valence-electron chi connectivity index (χ1n) is 8.79. The van der Waals surface area contributed by atoms with Crippen LogP contribution in [0.15, 0.2) is 47.4 Å². The monoisotopic (exact) mass is 360 g/mol. The van der Waals surface area contributed by atoms with Crippen LogP contribution in [0.5, 0.6) is 0 Å². The van der Waals surface area contributed by atoms with Gasteiger partial charge in [0.05, 0.1) is 10.8 Å². The van der Waals surface area contributed by atoms with Crippen LogP contribution in [0.25, 0.3) is 10.8 Å². The zero-order chi connectivity index (χ0) is 17.9. The maximum Gasteiger partial charge on any atom is 0.243 e. The minimum atomic E-state index is -3.59. The molecule has 0 radical (unpaired) electrons. The molecule has 6 heteroatoms. The third-order valence-electron chi connectivity index (χ3n) is 4.66. The van der Waals surface area contributed by atoms with Crippen LogP contribution in [0.4, 0.5) is 0 Å². The Balaban J connectivity index is 1.81. The van der Waals surface area contributed by atoms with Crippen molar-refractivity contribution in [3.8, 4) is 0 Å². The maximum absolute atomic E-state index is 13.0. The second-order valence-corrected chi connectivity index (χ2v) is 8.44. The topological polar surface area (TPSA) is 66.5 Å². The summed E-state index contributed by atoms with van der Waals surface area (Å²) in [5.41, 5.74) is 0. The maximum atomic E-state index is 13.0. The van der Waals surface area contributed by atoms with Crippen molar-refractivity contribution in [2.24, 2.45) is 5.92 Å². The summed E-state index contributed by atoms with van der Waals surface area (Å²) in [6.45, 7) is 3.35. The largest absolute Gasteiger partial charge is 0.356 e. The SMILES string of the molecule is CCCNC(=O)[C@H]1CCCN(S(=O)(=O)c2ccc3ccccc3c2)C1. The Morgan fingerprint density at radius 2 is 1.96 bits per heavy atom. The van der Waals surface area contributed by atoms with Gasteiger partial charge in [-0.05, 0) is 42.2 Å². The Morgan fingerprint density at radius 1 is 1.20 bits per heavy atom. The van der Waals surface area contributed by atoms with Crippen LogP contribution in [0.1, 0.15) is 26.2 Å². The van der Waals surface area contributed by atoms with Crippen molar-refractivity contribution in [3.63, 3.8) is 0 Å². The summed E-state index contributed by atoms with van der Waals surface area (Å²) in [5.74, 6) is -0.309. The molecule has 1 aliphatic rings. The molecule has 0 unspecified atom stereocenters. The molecule has 1 heterocycles. The van der Waals surface area contributed by atoms with Gasteiger partial charge in [0.15, 0.2) is 0 Å². The summed E-state index contributed by atoms with van der Waals surface area (Å²) in [6, 6.07) is 12.9. The van der Waals surface area contributed by atoms with Crippen LogP contribution in [0.3, 0.4) is 0 Å². The molecule has 0 aliphatic carbocycles. The Bertz CT molecular complexity index is 864. The summed E-state index contributed by atoms with van der Waals surface area (Å²) < 4.78 is 27.5. The van der Waals surface area contributed by atoms with E-state index in [9.17, 15) is 13.2 Å². The number of benzene rings is 2. The van der Waals surface area contributed by atoms with E-state index in [4.69, 9.17) is 0 Å². The molecule has 1 atom stereocenters. The number of nitrogens with one attached hydrogen (secondary N) is 1. The Hall–Kier alpha value is -1.92. The van der Waals surface area contributed by atoms with Gasteiger partial charge in [0.2, 0.25) is 15.9 Å².